The van der Waals surface area contributed by atoms with E-state index >= 15 is 0 Å². The molecule has 1 saturated carbocycles. The molecular weight excluding hydrogens is 350 g/mol. The van der Waals surface area contributed by atoms with Crippen molar-refractivity contribution in [3.63, 3.8) is 0 Å². The van der Waals surface area contributed by atoms with Gasteiger partial charge >= 0.3 is 12.4 Å². The average Bonchev–Trinajstić information content (AvgIpc) is 2.52. The van der Waals surface area contributed by atoms with Gasteiger partial charge in [0.25, 0.3) is 5.91 Å². The van der Waals surface area contributed by atoms with E-state index in [9.17, 15) is 31.1 Å². The quantitative estimate of drug-likeness (QED) is 0.794. The van der Waals surface area contributed by atoms with Crippen LogP contribution in [0.4, 0.5) is 26.3 Å². The van der Waals surface area contributed by atoms with Crippen LogP contribution in [0.25, 0.3) is 0 Å². The van der Waals surface area contributed by atoms with E-state index in [1.54, 1.807) is 0 Å². The summed E-state index contributed by atoms with van der Waals surface area (Å²) in [6, 6.07) is 0.965. The molecule has 0 bridgehead atoms. The first-order valence-corrected chi connectivity index (χ1v) is 7.80. The van der Waals surface area contributed by atoms with E-state index in [1.165, 1.54) is 0 Å². The van der Waals surface area contributed by atoms with E-state index in [0.29, 0.717) is 12.1 Å². The Morgan fingerprint density at radius 1 is 0.960 bits per heavy atom. The van der Waals surface area contributed by atoms with Crippen LogP contribution in [0.15, 0.2) is 18.2 Å². The highest BCUT2D eigenvalue weighted by molar-refractivity contribution is 5.94. The summed E-state index contributed by atoms with van der Waals surface area (Å²) in [7, 11) is 0. The Morgan fingerprint density at radius 3 is 1.88 bits per heavy atom. The minimum Gasteiger partial charge on any atom is -0.352 e. The zero-order chi connectivity index (χ0) is 18.8. The van der Waals surface area contributed by atoms with E-state index in [2.05, 4.69) is 5.32 Å². The maximum atomic E-state index is 12.8. The molecule has 0 heterocycles. The lowest BCUT2D eigenvalue weighted by Crippen LogP contribution is -2.34. The lowest BCUT2D eigenvalue weighted by atomic mass is 9.86. The monoisotopic (exact) mass is 368 g/mol. The van der Waals surface area contributed by atoms with Gasteiger partial charge in [-0.1, -0.05) is 0 Å². The van der Waals surface area contributed by atoms with Crippen molar-refractivity contribution >= 4 is 5.91 Å². The van der Waals surface area contributed by atoms with Crippen molar-refractivity contribution in [1.29, 1.82) is 0 Å². The minimum absolute atomic E-state index is 0.000691. The van der Waals surface area contributed by atoms with Gasteiger partial charge in [0.15, 0.2) is 0 Å². The van der Waals surface area contributed by atoms with E-state index in [1.807, 2.05) is 0 Å². The first-order chi connectivity index (χ1) is 11.5. The van der Waals surface area contributed by atoms with Crippen LogP contribution in [0.1, 0.15) is 47.2 Å². The summed E-state index contributed by atoms with van der Waals surface area (Å²) >= 11 is 0. The van der Waals surface area contributed by atoms with Crippen molar-refractivity contribution in [1.82, 2.24) is 5.32 Å². The molecule has 3 nitrogen and oxygen atoms in total. The topological polar surface area (TPSA) is 55.1 Å². The molecule has 1 aromatic rings. The van der Waals surface area contributed by atoms with Crippen molar-refractivity contribution < 1.29 is 31.1 Å². The Bertz CT molecular complexity index is 586. The van der Waals surface area contributed by atoms with Crippen LogP contribution in [0.2, 0.25) is 0 Å². The highest BCUT2D eigenvalue weighted by Crippen LogP contribution is 2.36. The fourth-order valence-corrected chi connectivity index (χ4v) is 2.82. The molecule has 1 fully saturated rings. The highest BCUT2D eigenvalue weighted by Gasteiger charge is 2.37. The fourth-order valence-electron chi connectivity index (χ4n) is 2.82. The largest absolute Gasteiger partial charge is 0.416 e. The molecule has 1 aliphatic rings. The van der Waals surface area contributed by atoms with Gasteiger partial charge in [-0.15, -0.1) is 0 Å². The van der Waals surface area contributed by atoms with Gasteiger partial charge in [-0.2, -0.15) is 26.3 Å². The van der Waals surface area contributed by atoms with Gasteiger partial charge in [0.05, 0.1) is 11.1 Å². The summed E-state index contributed by atoms with van der Waals surface area (Å²) in [5.74, 6) is -0.830. The second-order valence-corrected chi connectivity index (χ2v) is 6.29. The summed E-state index contributed by atoms with van der Waals surface area (Å²) in [6.07, 6.45) is -6.87. The molecule has 0 saturated heterocycles. The number of nitrogens with two attached hydrogens (primary N) is 1. The van der Waals surface area contributed by atoms with Gasteiger partial charge < -0.3 is 11.1 Å². The van der Waals surface area contributed by atoms with Crippen LogP contribution in [0.5, 0.6) is 0 Å². The maximum absolute atomic E-state index is 12.8. The zero-order valence-corrected chi connectivity index (χ0v) is 13.2. The number of rotatable bonds is 3. The molecule has 140 valence electrons. The molecule has 0 atom stereocenters. The predicted molar refractivity (Wildman–Crippen MR) is 78.7 cm³/mol. The lowest BCUT2D eigenvalue weighted by Gasteiger charge is -2.26. The molecule has 3 N–H and O–H groups in total. The first-order valence-electron chi connectivity index (χ1n) is 7.80. The maximum Gasteiger partial charge on any atom is 0.416 e. The van der Waals surface area contributed by atoms with Crippen LogP contribution in [0.3, 0.4) is 0 Å². The third-order valence-electron chi connectivity index (χ3n) is 4.29. The third-order valence-corrected chi connectivity index (χ3v) is 4.29. The van der Waals surface area contributed by atoms with E-state index in [-0.39, 0.29) is 24.6 Å². The van der Waals surface area contributed by atoms with Crippen molar-refractivity contribution in [2.24, 2.45) is 11.7 Å². The molecule has 25 heavy (non-hydrogen) atoms. The zero-order valence-electron chi connectivity index (χ0n) is 13.2. The minimum atomic E-state index is -4.98. The Kier molecular flexibility index (Phi) is 5.65. The summed E-state index contributed by atoms with van der Waals surface area (Å²) in [6.45, 7) is 0.198. The standard InChI is InChI=1S/C16H18F6N2O/c17-15(18,19)11-5-10(6-12(7-11)16(20,21)22)14(25)24-8-9-1-3-13(23)4-2-9/h5-7,9,13H,1-4,8,23H2,(H,24,25)/t9-,13-. The smallest absolute Gasteiger partial charge is 0.352 e. The Hall–Kier alpha value is -1.77. The highest BCUT2D eigenvalue weighted by atomic mass is 19.4. The molecule has 0 unspecified atom stereocenters. The molecule has 1 aliphatic carbocycles. The molecule has 1 amide bonds. The Morgan fingerprint density at radius 2 is 1.44 bits per heavy atom. The molecule has 0 aliphatic heterocycles. The molecule has 1 aromatic carbocycles. The van der Waals surface area contributed by atoms with Crippen LogP contribution < -0.4 is 11.1 Å². The van der Waals surface area contributed by atoms with Crippen molar-refractivity contribution in [2.75, 3.05) is 6.54 Å². The number of hydrogen-bond donors (Lipinski definition) is 2. The van der Waals surface area contributed by atoms with Gasteiger partial charge in [0.2, 0.25) is 0 Å². The first kappa shape index (κ1) is 19.6. The third kappa shape index (κ3) is 5.35. The molecule has 0 radical (unpaired) electrons. The number of benzene rings is 1. The number of halogens is 6. The van der Waals surface area contributed by atoms with E-state index < -0.39 is 35.0 Å². The molecular formula is C16H18F6N2O. The summed E-state index contributed by atoms with van der Waals surface area (Å²) in [4.78, 5) is 12.0. The van der Waals surface area contributed by atoms with E-state index in [0.717, 1.165) is 25.7 Å². The predicted octanol–water partition coefficient (Wildman–Crippen LogP) is 3.97. The van der Waals surface area contributed by atoms with Gasteiger partial charge in [0, 0.05) is 18.2 Å². The Labute approximate surface area is 140 Å². The van der Waals surface area contributed by atoms with Crippen molar-refractivity contribution in [3.05, 3.63) is 34.9 Å². The second kappa shape index (κ2) is 7.23. The van der Waals surface area contributed by atoms with Gasteiger partial charge in [-0.3, -0.25) is 4.79 Å². The molecule has 0 spiro atoms. The Balaban J connectivity index is 2.15. The number of alkyl halides is 6. The van der Waals surface area contributed by atoms with Crippen LogP contribution >= 0.6 is 0 Å². The summed E-state index contributed by atoms with van der Waals surface area (Å²) < 4.78 is 76.8. The van der Waals surface area contributed by atoms with Crippen molar-refractivity contribution in [3.8, 4) is 0 Å². The number of nitrogens with one attached hydrogen (secondary N) is 1. The number of carbonyl (C=O) groups is 1. The lowest BCUT2D eigenvalue weighted by molar-refractivity contribution is -0.143. The fraction of sp³-hybridized carbons (Fsp3) is 0.562. The summed E-state index contributed by atoms with van der Waals surface area (Å²) in [5.41, 5.74) is 2.09. The van der Waals surface area contributed by atoms with Gasteiger partial charge in [-0.25, -0.2) is 0 Å². The number of amides is 1. The van der Waals surface area contributed by atoms with Crippen LogP contribution in [0, 0.1) is 5.92 Å². The second-order valence-electron chi connectivity index (χ2n) is 6.29. The van der Waals surface area contributed by atoms with Crippen LogP contribution in [-0.2, 0) is 12.4 Å². The number of carbonyl (C=O) groups excluding carboxylic acids is 1. The number of hydrogen-bond acceptors (Lipinski definition) is 2. The average molecular weight is 368 g/mol. The molecule has 9 heteroatoms. The summed E-state index contributed by atoms with van der Waals surface area (Å²) in [5, 5.41) is 2.43. The SMILES string of the molecule is N[C@H]1CC[C@H](CNC(=O)c2cc(C(F)(F)F)cc(C(F)(F)F)c2)CC1. The van der Waals surface area contributed by atoms with Crippen molar-refractivity contribution in [2.45, 2.75) is 44.1 Å². The normalized spacial score (nSPS) is 21.9. The van der Waals surface area contributed by atoms with Gasteiger partial charge in [-0.05, 0) is 49.8 Å². The molecule has 0 aromatic heterocycles. The molecule has 2 rings (SSSR count). The van der Waals surface area contributed by atoms with Crippen LogP contribution in [-0.4, -0.2) is 18.5 Å². The van der Waals surface area contributed by atoms with E-state index in [4.69, 9.17) is 5.73 Å². The van der Waals surface area contributed by atoms with Gasteiger partial charge in [0.1, 0.15) is 0 Å².